The second-order valence-electron chi connectivity index (χ2n) is 5.24. The molecule has 1 N–H and O–H groups in total. The molecule has 1 aromatic rings. The van der Waals surface area contributed by atoms with Crippen molar-refractivity contribution in [3.8, 4) is 0 Å². The molecule has 20 heavy (non-hydrogen) atoms. The highest BCUT2D eigenvalue weighted by atomic mass is 16.6. The normalized spacial score (nSPS) is 17.9. The monoisotopic (exact) mass is 278 g/mol. The van der Waals surface area contributed by atoms with Crippen LogP contribution in [0.15, 0.2) is 24.3 Å². The molecule has 5 nitrogen and oxygen atoms in total. The number of non-ortho nitro benzene ring substituents is 1. The molecule has 1 fully saturated rings. The highest BCUT2D eigenvalue weighted by molar-refractivity contribution is 5.33. The summed E-state index contributed by atoms with van der Waals surface area (Å²) in [6.45, 7) is 4.73. The van der Waals surface area contributed by atoms with Gasteiger partial charge in [-0.3, -0.25) is 10.1 Å². The fourth-order valence-corrected chi connectivity index (χ4v) is 2.79. The van der Waals surface area contributed by atoms with Crippen LogP contribution in [-0.4, -0.2) is 30.7 Å². The van der Waals surface area contributed by atoms with Gasteiger partial charge in [-0.2, -0.15) is 0 Å². The number of likely N-dealkylation sites (N-methyl/N-ethyl adjacent to an activating group) is 1. The Labute approximate surface area is 119 Å². The van der Waals surface area contributed by atoms with Crippen LogP contribution >= 0.6 is 0 Å². The summed E-state index contributed by atoms with van der Waals surface area (Å²) >= 11 is 0. The number of nitro benzene ring substituents is 1. The summed E-state index contributed by atoms with van der Waals surface area (Å²) in [5.74, 6) is 0.624. The minimum absolute atomic E-state index is 0.153. The van der Waals surface area contributed by atoms with Crippen molar-refractivity contribution in [1.29, 1.82) is 0 Å². The molecule has 1 aliphatic rings. The third kappa shape index (κ3) is 4.02. The summed E-state index contributed by atoms with van der Waals surface area (Å²) in [6, 6.07) is 7.32. The molecule has 1 saturated heterocycles. The number of rotatable bonds is 6. The zero-order valence-corrected chi connectivity index (χ0v) is 11.9. The lowest BCUT2D eigenvalue weighted by molar-refractivity contribution is -0.384. The minimum Gasteiger partial charge on any atom is -0.381 e. The quantitative estimate of drug-likeness (QED) is 0.641. The summed E-state index contributed by atoms with van der Waals surface area (Å²) in [4.78, 5) is 10.3. The topological polar surface area (TPSA) is 64.4 Å². The highest BCUT2D eigenvalue weighted by Crippen LogP contribution is 2.22. The first-order chi connectivity index (χ1) is 9.70. The molecule has 1 unspecified atom stereocenters. The van der Waals surface area contributed by atoms with Gasteiger partial charge in [0.1, 0.15) is 0 Å². The molecule has 1 aromatic carbocycles. The van der Waals surface area contributed by atoms with Gasteiger partial charge in [-0.25, -0.2) is 0 Å². The second-order valence-corrected chi connectivity index (χ2v) is 5.24. The first-order valence-electron chi connectivity index (χ1n) is 7.25. The molecule has 0 radical (unpaired) electrons. The Morgan fingerprint density at radius 2 is 2.00 bits per heavy atom. The Kier molecular flexibility index (Phi) is 5.49. The number of nitrogens with one attached hydrogen (secondary N) is 1. The van der Waals surface area contributed by atoms with Gasteiger partial charge in [0, 0.05) is 31.4 Å². The fraction of sp³-hybridized carbons (Fsp3) is 0.600. The van der Waals surface area contributed by atoms with Gasteiger partial charge < -0.3 is 10.1 Å². The number of benzene rings is 1. The highest BCUT2D eigenvalue weighted by Gasteiger charge is 2.23. The van der Waals surface area contributed by atoms with Crippen molar-refractivity contribution in [2.45, 2.75) is 32.2 Å². The third-order valence-corrected chi connectivity index (χ3v) is 3.90. The molecule has 1 aliphatic heterocycles. The summed E-state index contributed by atoms with van der Waals surface area (Å²) in [7, 11) is 0. The van der Waals surface area contributed by atoms with Crippen LogP contribution in [0.2, 0.25) is 0 Å². The lowest BCUT2D eigenvalue weighted by Crippen LogP contribution is -2.40. The van der Waals surface area contributed by atoms with Crippen LogP contribution in [0.4, 0.5) is 5.69 Å². The summed E-state index contributed by atoms with van der Waals surface area (Å²) in [6.07, 6.45) is 3.09. The van der Waals surface area contributed by atoms with E-state index in [0.29, 0.717) is 12.0 Å². The second kappa shape index (κ2) is 7.36. The molecule has 0 bridgehead atoms. The van der Waals surface area contributed by atoms with E-state index in [0.717, 1.165) is 44.6 Å². The Morgan fingerprint density at radius 3 is 2.55 bits per heavy atom. The predicted molar refractivity (Wildman–Crippen MR) is 77.8 cm³/mol. The van der Waals surface area contributed by atoms with E-state index in [1.807, 2.05) is 12.1 Å². The standard InChI is InChI=1S/C15H22N2O3/c1-2-16-15(13-7-9-20-10-8-13)11-12-3-5-14(6-4-12)17(18)19/h3-6,13,15-16H,2,7-11H2,1H3. The van der Waals surface area contributed by atoms with Gasteiger partial charge in [0.25, 0.3) is 5.69 Å². The maximum absolute atomic E-state index is 10.7. The predicted octanol–water partition coefficient (Wildman–Crippen LogP) is 2.54. The minimum atomic E-state index is -0.357. The third-order valence-electron chi connectivity index (χ3n) is 3.90. The van der Waals surface area contributed by atoms with Crippen LogP contribution in [-0.2, 0) is 11.2 Å². The molecule has 110 valence electrons. The van der Waals surface area contributed by atoms with Gasteiger partial charge >= 0.3 is 0 Å². The molecule has 0 aliphatic carbocycles. The molecule has 0 spiro atoms. The molecule has 5 heteroatoms. The van der Waals surface area contributed by atoms with Gasteiger partial charge in [-0.15, -0.1) is 0 Å². The zero-order valence-electron chi connectivity index (χ0n) is 11.9. The van der Waals surface area contributed by atoms with E-state index in [1.165, 1.54) is 0 Å². The van der Waals surface area contributed by atoms with Gasteiger partial charge in [-0.05, 0) is 37.3 Å². The van der Waals surface area contributed by atoms with Crippen molar-refractivity contribution < 1.29 is 9.66 Å². The van der Waals surface area contributed by atoms with E-state index in [9.17, 15) is 10.1 Å². The first kappa shape index (κ1) is 14.9. The van der Waals surface area contributed by atoms with Crippen LogP contribution in [0.25, 0.3) is 0 Å². The Bertz CT molecular complexity index is 427. The number of nitro groups is 1. The van der Waals surface area contributed by atoms with Gasteiger partial charge in [0.2, 0.25) is 0 Å². The van der Waals surface area contributed by atoms with E-state index in [-0.39, 0.29) is 10.6 Å². The summed E-state index contributed by atoms with van der Waals surface area (Å²) in [5.41, 5.74) is 1.30. The van der Waals surface area contributed by atoms with Crippen molar-refractivity contribution >= 4 is 5.69 Å². The molecule has 0 aromatic heterocycles. The van der Waals surface area contributed by atoms with E-state index in [1.54, 1.807) is 12.1 Å². The van der Waals surface area contributed by atoms with Crippen molar-refractivity contribution in [3.05, 3.63) is 39.9 Å². The van der Waals surface area contributed by atoms with E-state index < -0.39 is 0 Å². The van der Waals surface area contributed by atoms with Crippen LogP contribution < -0.4 is 5.32 Å². The molecule has 0 amide bonds. The number of ether oxygens (including phenoxy) is 1. The Morgan fingerprint density at radius 1 is 1.35 bits per heavy atom. The van der Waals surface area contributed by atoms with Gasteiger partial charge in [0.15, 0.2) is 0 Å². The average Bonchev–Trinajstić information content (AvgIpc) is 2.48. The fourth-order valence-electron chi connectivity index (χ4n) is 2.79. The number of hydrogen-bond donors (Lipinski definition) is 1. The molecular formula is C15H22N2O3. The van der Waals surface area contributed by atoms with Crippen molar-refractivity contribution in [3.63, 3.8) is 0 Å². The smallest absolute Gasteiger partial charge is 0.269 e. The SMILES string of the molecule is CCNC(Cc1ccc([N+](=O)[O-])cc1)C1CCOCC1. The van der Waals surface area contributed by atoms with Crippen molar-refractivity contribution in [2.24, 2.45) is 5.92 Å². The number of nitrogens with zero attached hydrogens (tertiary/aromatic N) is 1. The summed E-state index contributed by atoms with van der Waals surface area (Å²) < 4.78 is 5.42. The van der Waals surface area contributed by atoms with Gasteiger partial charge in [-0.1, -0.05) is 19.1 Å². The first-order valence-corrected chi connectivity index (χ1v) is 7.25. The maximum Gasteiger partial charge on any atom is 0.269 e. The Hall–Kier alpha value is -1.46. The van der Waals surface area contributed by atoms with Crippen molar-refractivity contribution in [2.75, 3.05) is 19.8 Å². The zero-order chi connectivity index (χ0) is 14.4. The molecule has 1 atom stereocenters. The molecule has 0 saturated carbocycles. The lowest BCUT2D eigenvalue weighted by Gasteiger charge is -2.31. The lowest BCUT2D eigenvalue weighted by atomic mass is 9.87. The van der Waals surface area contributed by atoms with Crippen LogP contribution in [0.3, 0.4) is 0 Å². The van der Waals surface area contributed by atoms with E-state index >= 15 is 0 Å². The van der Waals surface area contributed by atoms with Crippen LogP contribution in [0.1, 0.15) is 25.3 Å². The number of hydrogen-bond acceptors (Lipinski definition) is 4. The largest absolute Gasteiger partial charge is 0.381 e. The Balaban J connectivity index is 2.01. The van der Waals surface area contributed by atoms with Crippen LogP contribution in [0, 0.1) is 16.0 Å². The van der Waals surface area contributed by atoms with Crippen molar-refractivity contribution in [1.82, 2.24) is 5.32 Å². The molecule has 2 rings (SSSR count). The molecular weight excluding hydrogens is 256 g/mol. The maximum atomic E-state index is 10.7. The molecule has 1 heterocycles. The van der Waals surface area contributed by atoms with Crippen LogP contribution in [0.5, 0.6) is 0 Å². The van der Waals surface area contributed by atoms with E-state index in [2.05, 4.69) is 12.2 Å². The van der Waals surface area contributed by atoms with Gasteiger partial charge in [0.05, 0.1) is 4.92 Å². The van der Waals surface area contributed by atoms with E-state index in [4.69, 9.17) is 4.74 Å². The average molecular weight is 278 g/mol. The summed E-state index contributed by atoms with van der Waals surface area (Å²) in [5, 5.41) is 14.2.